The summed E-state index contributed by atoms with van der Waals surface area (Å²) < 4.78 is 1.97. The quantitative estimate of drug-likeness (QED) is 0.880. The van der Waals surface area contributed by atoms with Gasteiger partial charge in [-0.2, -0.15) is 0 Å². The zero-order valence-corrected chi connectivity index (χ0v) is 15.4. The molecule has 2 aromatic rings. The summed E-state index contributed by atoms with van der Waals surface area (Å²) in [5.41, 5.74) is 2.87. The first kappa shape index (κ1) is 17.7. The number of amides is 1. The van der Waals surface area contributed by atoms with Crippen molar-refractivity contribution in [1.82, 2.24) is 19.8 Å². The van der Waals surface area contributed by atoms with Gasteiger partial charge in [-0.15, -0.1) is 0 Å². The molecule has 1 aromatic carbocycles. The molecule has 25 heavy (non-hydrogen) atoms. The molecule has 0 radical (unpaired) electrons. The predicted molar refractivity (Wildman–Crippen MR) is 99.5 cm³/mol. The average molecular weight is 340 g/mol. The second-order valence-electron chi connectivity index (χ2n) is 7.11. The molecule has 0 spiro atoms. The van der Waals surface area contributed by atoms with Gasteiger partial charge in [0.05, 0.1) is 0 Å². The van der Waals surface area contributed by atoms with Crippen molar-refractivity contribution in [3.63, 3.8) is 0 Å². The smallest absolute Gasteiger partial charge is 0.242 e. The highest BCUT2D eigenvalue weighted by atomic mass is 16.2. The van der Waals surface area contributed by atoms with Crippen LogP contribution in [0.3, 0.4) is 0 Å². The molecule has 0 bridgehead atoms. The van der Waals surface area contributed by atoms with E-state index in [0.717, 1.165) is 31.9 Å². The van der Waals surface area contributed by atoms with E-state index in [2.05, 4.69) is 53.3 Å². The molecule has 1 amide bonds. The first-order valence-corrected chi connectivity index (χ1v) is 9.16. The van der Waals surface area contributed by atoms with E-state index in [4.69, 9.17) is 0 Å². The van der Waals surface area contributed by atoms with E-state index in [1.165, 1.54) is 11.1 Å². The second-order valence-corrected chi connectivity index (χ2v) is 7.11. The summed E-state index contributed by atoms with van der Waals surface area (Å²) in [7, 11) is 0. The van der Waals surface area contributed by atoms with Crippen LogP contribution in [0.2, 0.25) is 0 Å². The highest BCUT2D eigenvalue weighted by Crippen LogP contribution is 2.18. The molecule has 0 saturated carbocycles. The van der Waals surface area contributed by atoms with Crippen LogP contribution in [0.15, 0.2) is 36.7 Å². The number of benzene rings is 1. The van der Waals surface area contributed by atoms with Gasteiger partial charge in [0, 0.05) is 44.5 Å². The zero-order chi connectivity index (χ0) is 17.8. The third kappa shape index (κ3) is 4.10. The lowest BCUT2D eigenvalue weighted by Gasteiger charge is -2.29. The maximum atomic E-state index is 12.5. The van der Waals surface area contributed by atoms with Gasteiger partial charge in [-0.1, -0.05) is 38.1 Å². The summed E-state index contributed by atoms with van der Waals surface area (Å²) in [6.45, 7) is 9.71. The summed E-state index contributed by atoms with van der Waals surface area (Å²) in [5, 5.41) is 3.08. The van der Waals surface area contributed by atoms with Gasteiger partial charge >= 0.3 is 0 Å². The maximum Gasteiger partial charge on any atom is 0.242 e. The summed E-state index contributed by atoms with van der Waals surface area (Å²) in [5.74, 6) is 1.31. The topological polar surface area (TPSA) is 50.2 Å². The van der Waals surface area contributed by atoms with Crippen molar-refractivity contribution in [3.8, 4) is 0 Å². The number of fused-ring (bicyclic) bond motifs is 1. The monoisotopic (exact) mass is 340 g/mol. The fraction of sp³-hybridized carbons (Fsp3) is 0.500. The molecular formula is C20H28N4O. The molecule has 5 heteroatoms. The number of carbonyl (C=O) groups excluding carboxylic acids is 1. The number of aromatic nitrogens is 2. The Labute approximate surface area is 150 Å². The van der Waals surface area contributed by atoms with Gasteiger partial charge in [0.15, 0.2) is 0 Å². The van der Waals surface area contributed by atoms with Gasteiger partial charge < -0.3 is 9.88 Å². The Balaban J connectivity index is 1.49. The number of nitrogens with zero attached hydrogens (tertiary/aromatic N) is 3. The molecule has 2 heterocycles. The number of hydrogen-bond donors (Lipinski definition) is 1. The van der Waals surface area contributed by atoms with Crippen molar-refractivity contribution >= 4 is 5.91 Å². The zero-order valence-electron chi connectivity index (χ0n) is 15.4. The maximum absolute atomic E-state index is 12.5. The van der Waals surface area contributed by atoms with Gasteiger partial charge in [0.1, 0.15) is 11.9 Å². The fourth-order valence-corrected chi connectivity index (χ4v) is 3.46. The third-order valence-electron chi connectivity index (χ3n) is 4.95. The van der Waals surface area contributed by atoms with E-state index in [1.807, 2.05) is 17.7 Å². The number of rotatable bonds is 6. The Kier molecular flexibility index (Phi) is 5.53. The Morgan fingerprint density at radius 2 is 2.00 bits per heavy atom. The second kappa shape index (κ2) is 7.83. The molecule has 134 valence electrons. The van der Waals surface area contributed by atoms with Crippen LogP contribution in [0.5, 0.6) is 0 Å². The van der Waals surface area contributed by atoms with Crippen molar-refractivity contribution in [3.05, 3.63) is 53.6 Å². The number of imidazole rings is 1. The van der Waals surface area contributed by atoms with Crippen LogP contribution in [0, 0.1) is 0 Å². The Bertz CT molecular complexity index is 722. The summed E-state index contributed by atoms with van der Waals surface area (Å²) in [6.07, 6.45) is 4.75. The highest BCUT2D eigenvalue weighted by molar-refractivity contribution is 5.79. The predicted octanol–water partition coefficient (Wildman–Crippen LogP) is 2.74. The van der Waals surface area contributed by atoms with Crippen LogP contribution >= 0.6 is 0 Å². The molecule has 1 N–H and O–H groups in total. The van der Waals surface area contributed by atoms with E-state index in [0.29, 0.717) is 12.5 Å². The molecule has 1 aromatic heterocycles. The fourth-order valence-electron chi connectivity index (χ4n) is 3.46. The molecule has 1 atom stereocenters. The lowest BCUT2D eigenvalue weighted by Crippen LogP contribution is -2.39. The molecule has 0 fully saturated rings. The van der Waals surface area contributed by atoms with Crippen molar-refractivity contribution in [2.45, 2.75) is 45.7 Å². The Hall–Kier alpha value is -2.14. The van der Waals surface area contributed by atoms with Crippen molar-refractivity contribution < 1.29 is 4.79 Å². The third-order valence-corrected chi connectivity index (χ3v) is 4.95. The number of hydrogen-bond acceptors (Lipinski definition) is 3. The van der Waals surface area contributed by atoms with Gasteiger partial charge in [-0.25, -0.2) is 4.98 Å². The first-order chi connectivity index (χ1) is 12.1. The molecule has 5 nitrogen and oxygen atoms in total. The van der Waals surface area contributed by atoms with Crippen LogP contribution in [0.25, 0.3) is 0 Å². The van der Waals surface area contributed by atoms with E-state index < -0.39 is 0 Å². The normalized spacial score (nSPS) is 15.8. The van der Waals surface area contributed by atoms with Crippen molar-refractivity contribution in [1.29, 1.82) is 0 Å². The average Bonchev–Trinajstić information content (AvgIpc) is 3.11. The van der Waals surface area contributed by atoms with Crippen molar-refractivity contribution in [2.75, 3.05) is 19.6 Å². The van der Waals surface area contributed by atoms with Gasteiger partial charge in [0.25, 0.3) is 0 Å². The largest absolute Gasteiger partial charge is 0.353 e. The van der Waals surface area contributed by atoms with E-state index >= 15 is 0 Å². The Morgan fingerprint density at radius 3 is 2.76 bits per heavy atom. The molecule has 1 aliphatic rings. The lowest BCUT2D eigenvalue weighted by atomic mass is 10.00. The van der Waals surface area contributed by atoms with Gasteiger partial charge in [-0.3, -0.25) is 9.69 Å². The molecule has 1 aliphatic heterocycles. The van der Waals surface area contributed by atoms with E-state index in [1.54, 1.807) is 6.20 Å². The minimum Gasteiger partial charge on any atom is -0.353 e. The summed E-state index contributed by atoms with van der Waals surface area (Å²) >= 11 is 0. The Morgan fingerprint density at radius 1 is 1.24 bits per heavy atom. The standard InChI is InChI=1S/C20H28N4O/c1-15(2)19-21-10-13-24(19)16(3)20(25)22-9-12-23-11-8-17-6-4-5-7-18(17)14-23/h4-7,10,13,15-16H,8-9,11-12,14H2,1-3H3,(H,22,25). The molecule has 3 rings (SSSR count). The molecular weight excluding hydrogens is 312 g/mol. The first-order valence-electron chi connectivity index (χ1n) is 9.16. The van der Waals surface area contributed by atoms with Crippen LogP contribution in [-0.4, -0.2) is 40.0 Å². The molecule has 1 unspecified atom stereocenters. The van der Waals surface area contributed by atoms with E-state index in [9.17, 15) is 4.79 Å². The van der Waals surface area contributed by atoms with Gasteiger partial charge in [0.2, 0.25) is 5.91 Å². The minimum atomic E-state index is -0.234. The van der Waals surface area contributed by atoms with Crippen LogP contribution < -0.4 is 5.32 Å². The van der Waals surface area contributed by atoms with Crippen LogP contribution in [0.1, 0.15) is 49.7 Å². The molecule has 0 saturated heterocycles. The van der Waals surface area contributed by atoms with Crippen LogP contribution in [-0.2, 0) is 17.8 Å². The molecule has 0 aliphatic carbocycles. The summed E-state index contributed by atoms with van der Waals surface area (Å²) in [4.78, 5) is 19.3. The van der Waals surface area contributed by atoms with Gasteiger partial charge in [-0.05, 0) is 24.5 Å². The number of carbonyl (C=O) groups is 1. The van der Waals surface area contributed by atoms with Crippen LogP contribution in [0.4, 0.5) is 0 Å². The minimum absolute atomic E-state index is 0.0531. The van der Waals surface area contributed by atoms with Crippen molar-refractivity contribution in [2.24, 2.45) is 0 Å². The lowest BCUT2D eigenvalue weighted by molar-refractivity contribution is -0.124. The highest BCUT2D eigenvalue weighted by Gasteiger charge is 2.20. The number of nitrogens with one attached hydrogen (secondary N) is 1. The van der Waals surface area contributed by atoms with E-state index in [-0.39, 0.29) is 11.9 Å². The summed E-state index contributed by atoms with van der Waals surface area (Å²) in [6, 6.07) is 8.39. The SMILES string of the molecule is CC(C)c1nccn1C(C)C(=O)NCCN1CCc2ccccc2C1.